The van der Waals surface area contributed by atoms with E-state index in [1.165, 1.54) is 30.2 Å². The van der Waals surface area contributed by atoms with Crippen molar-refractivity contribution in [1.29, 1.82) is 0 Å². The zero-order valence-corrected chi connectivity index (χ0v) is 12.6. The van der Waals surface area contributed by atoms with Crippen LogP contribution in [0.15, 0.2) is 24.5 Å². The highest BCUT2D eigenvalue weighted by molar-refractivity contribution is 5.80. The fourth-order valence-corrected chi connectivity index (χ4v) is 2.44. The van der Waals surface area contributed by atoms with Crippen molar-refractivity contribution in [2.24, 2.45) is 0 Å². The summed E-state index contributed by atoms with van der Waals surface area (Å²) in [5.74, 6) is 0. The van der Waals surface area contributed by atoms with Crippen molar-refractivity contribution in [1.82, 2.24) is 14.9 Å². The Balaban J connectivity index is 2.09. The van der Waals surface area contributed by atoms with Crippen LogP contribution < -0.4 is 5.32 Å². The van der Waals surface area contributed by atoms with Gasteiger partial charge in [0.1, 0.15) is 5.65 Å². The maximum absolute atomic E-state index is 5.06. The molecule has 0 unspecified atom stereocenters. The minimum Gasteiger partial charge on any atom is -0.383 e. The summed E-state index contributed by atoms with van der Waals surface area (Å²) in [7, 11) is 1.73. The monoisotopic (exact) mass is 275 g/mol. The number of unbranched alkanes of at least 4 members (excludes halogenated alkanes) is 2. The van der Waals surface area contributed by atoms with Crippen LogP contribution in [0.3, 0.4) is 0 Å². The lowest BCUT2D eigenvalue weighted by molar-refractivity contribution is 0.199. The maximum atomic E-state index is 5.06. The Labute approximate surface area is 121 Å². The zero-order chi connectivity index (χ0) is 14.2. The quantitative estimate of drug-likeness (QED) is 0.715. The highest BCUT2D eigenvalue weighted by Gasteiger charge is 2.08. The number of methoxy groups -OCH3 is 1. The van der Waals surface area contributed by atoms with Crippen molar-refractivity contribution in [2.75, 3.05) is 20.3 Å². The van der Waals surface area contributed by atoms with Crippen LogP contribution in [-0.2, 0) is 17.8 Å². The van der Waals surface area contributed by atoms with Gasteiger partial charge < -0.3 is 14.6 Å². The largest absolute Gasteiger partial charge is 0.383 e. The first kappa shape index (κ1) is 15.0. The number of hydrogen-bond acceptors (Lipinski definition) is 3. The summed E-state index contributed by atoms with van der Waals surface area (Å²) in [6, 6.07) is 4.17. The summed E-state index contributed by atoms with van der Waals surface area (Å²) in [5.41, 5.74) is 2.42. The Morgan fingerprint density at radius 1 is 1.35 bits per heavy atom. The molecule has 1 N–H and O–H groups in total. The number of aryl methyl sites for hydroxylation is 1. The Kier molecular flexibility index (Phi) is 6.02. The lowest BCUT2D eigenvalue weighted by atomic mass is 10.2. The summed E-state index contributed by atoms with van der Waals surface area (Å²) < 4.78 is 7.35. The molecule has 2 rings (SSSR count). The van der Waals surface area contributed by atoms with Gasteiger partial charge in [0.05, 0.1) is 6.61 Å². The van der Waals surface area contributed by atoms with Crippen LogP contribution >= 0.6 is 0 Å². The van der Waals surface area contributed by atoms with Gasteiger partial charge in [-0.3, -0.25) is 0 Å². The molecule has 0 aliphatic rings. The molecule has 2 aromatic rings. The smallest absolute Gasteiger partial charge is 0.140 e. The van der Waals surface area contributed by atoms with Gasteiger partial charge in [0, 0.05) is 44.5 Å². The van der Waals surface area contributed by atoms with Gasteiger partial charge in [-0.1, -0.05) is 19.8 Å². The van der Waals surface area contributed by atoms with Gasteiger partial charge >= 0.3 is 0 Å². The van der Waals surface area contributed by atoms with Crippen molar-refractivity contribution in [2.45, 2.75) is 39.3 Å². The SMILES string of the molecule is CCCCCn1cc(CNCCOC)c2cccnc21. The lowest BCUT2D eigenvalue weighted by Gasteiger charge is -2.03. The minimum absolute atomic E-state index is 0.743. The van der Waals surface area contributed by atoms with Crippen LogP contribution in [0.4, 0.5) is 0 Å². The minimum atomic E-state index is 0.743. The third-order valence-electron chi connectivity index (χ3n) is 3.52. The standard InChI is InChI=1S/C16H25N3O/c1-3-4-5-10-19-13-14(12-17-9-11-20-2)15-7-6-8-18-16(15)19/h6-8,13,17H,3-5,9-12H2,1-2H3. The summed E-state index contributed by atoms with van der Waals surface area (Å²) >= 11 is 0. The molecule has 0 spiro atoms. The number of nitrogens with one attached hydrogen (secondary N) is 1. The van der Waals surface area contributed by atoms with Crippen LogP contribution in [-0.4, -0.2) is 29.8 Å². The molecule has 0 atom stereocenters. The van der Waals surface area contributed by atoms with Gasteiger partial charge in [0.15, 0.2) is 0 Å². The van der Waals surface area contributed by atoms with E-state index in [0.29, 0.717) is 0 Å². The van der Waals surface area contributed by atoms with Crippen LogP contribution in [0.2, 0.25) is 0 Å². The fraction of sp³-hybridized carbons (Fsp3) is 0.562. The van der Waals surface area contributed by atoms with E-state index in [4.69, 9.17) is 4.74 Å². The van der Waals surface area contributed by atoms with E-state index in [1.807, 2.05) is 12.3 Å². The molecule has 4 nitrogen and oxygen atoms in total. The Morgan fingerprint density at radius 2 is 2.25 bits per heavy atom. The number of rotatable bonds is 9. The molecular weight excluding hydrogens is 250 g/mol. The van der Waals surface area contributed by atoms with E-state index in [-0.39, 0.29) is 0 Å². The van der Waals surface area contributed by atoms with Gasteiger partial charge in [0.25, 0.3) is 0 Å². The topological polar surface area (TPSA) is 39.1 Å². The molecule has 2 aromatic heterocycles. The molecule has 4 heteroatoms. The number of aromatic nitrogens is 2. The van der Waals surface area contributed by atoms with E-state index in [2.05, 4.69) is 34.1 Å². The second kappa shape index (κ2) is 8.02. The molecule has 0 aliphatic heterocycles. The van der Waals surface area contributed by atoms with Crippen molar-refractivity contribution in [3.63, 3.8) is 0 Å². The molecule has 0 aromatic carbocycles. The van der Waals surface area contributed by atoms with Gasteiger partial charge in [-0.25, -0.2) is 4.98 Å². The molecule has 0 amide bonds. The Hall–Kier alpha value is -1.39. The molecular formula is C16H25N3O. The van der Waals surface area contributed by atoms with Gasteiger partial charge in [-0.2, -0.15) is 0 Å². The summed E-state index contributed by atoms with van der Waals surface area (Å²) in [6.45, 7) is 5.77. The molecule has 0 bridgehead atoms. The van der Waals surface area contributed by atoms with Gasteiger partial charge in [0.2, 0.25) is 0 Å². The van der Waals surface area contributed by atoms with Crippen LogP contribution in [0.25, 0.3) is 11.0 Å². The number of nitrogens with zero attached hydrogens (tertiary/aromatic N) is 2. The van der Waals surface area contributed by atoms with Crippen LogP contribution in [0.1, 0.15) is 31.7 Å². The molecule has 0 fully saturated rings. The predicted molar refractivity (Wildman–Crippen MR) is 82.8 cm³/mol. The van der Waals surface area contributed by atoms with Crippen LogP contribution in [0, 0.1) is 0 Å². The third kappa shape index (κ3) is 3.81. The van der Waals surface area contributed by atoms with Crippen molar-refractivity contribution >= 4 is 11.0 Å². The molecule has 0 saturated carbocycles. The second-order valence-corrected chi connectivity index (χ2v) is 5.10. The average Bonchev–Trinajstić information content (AvgIpc) is 2.83. The predicted octanol–water partition coefficient (Wildman–Crippen LogP) is 2.96. The first-order chi connectivity index (χ1) is 9.86. The Morgan fingerprint density at radius 3 is 3.05 bits per heavy atom. The molecule has 0 saturated heterocycles. The fourth-order valence-electron chi connectivity index (χ4n) is 2.44. The number of ether oxygens (including phenoxy) is 1. The van der Waals surface area contributed by atoms with E-state index < -0.39 is 0 Å². The number of hydrogen-bond donors (Lipinski definition) is 1. The summed E-state index contributed by atoms with van der Waals surface area (Å²) in [5, 5.41) is 4.67. The number of fused-ring (bicyclic) bond motifs is 1. The first-order valence-corrected chi connectivity index (χ1v) is 7.49. The third-order valence-corrected chi connectivity index (χ3v) is 3.52. The number of pyridine rings is 1. The van der Waals surface area contributed by atoms with Crippen molar-refractivity contribution in [3.8, 4) is 0 Å². The summed E-state index contributed by atoms with van der Waals surface area (Å²) in [6.07, 6.45) is 7.85. The molecule has 2 heterocycles. The highest BCUT2D eigenvalue weighted by Crippen LogP contribution is 2.20. The first-order valence-electron chi connectivity index (χ1n) is 7.49. The molecule has 20 heavy (non-hydrogen) atoms. The molecule has 0 aliphatic carbocycles. The van der Waals surface area contributed by atoms with E-state index >= 15 is 0 Å². The zero-order valence-electron chi connectivity index (χ0n) is 12.6. The van der Waals surface area contributed by atoms with E-state index in [1.54, 1.807) is 7.11 Å². The average molecular weight is 275 g/mol. The van der Waals surface area contributed by atoms with Gasteiger partial charge in [-0.15, -0.1) is 0 Å². The van der Waals surface area contributed by atoms with Crippen molar-refractivity contribution < 1.29 is 4.74 Å². The lowest BCUT2D eigenvalue weighted by Crippen LogP contribution is -2.18. The van der Waals surface area contributed by atoms with E-state index in [9.17, 15) is 0 Å². The Bertz CT molecular complexity index is 521. The van der Waals surface area contributed by atoms with Crippen molar-refractivity contribution in [3.05, 3.63) is 30.1 Å². The van der Waals surface area contributed by atoms with E-state index in [0.717, 1.165) is 31.9 Å². The normalized spacial score (nSPS) is 11.3. The van der Waals surface area contributed by atoms with Crippen LogP contribution in [0.5, 0.6) is 0 Å². The highest BCUT2D eigenvalue weighted by atomic mass is 16.5. The second-order valence-electron chi connectivity index (χ2n) is 5.10. The molecule has 110 valence electrons. The summed E-state index contributed by atoms with van der Waals surface area (Å²) in [4.78, 5) is 4.54. The molecule has 0 radical (unpaired) electrons. The van der Waals surface area contributed by atoms with Gasteiger partial charge in [-0.05, 0) is 24.1 Å². The maximum Gasteiger partial charge on any atom is 0.140 e.